The second-order valence-corrected chi connectivity index (χ2v) is 12.2. The molecule has 2 aromatic carbocycles. The quantitative estimate of drug-likeness (QED) is 0.298. The monoisotopic (exact) mass is 518 g/mol. The summed E-state index contributed by atoms with van der Waals surface area (Å²) in [6.45, 7) is 3.31. The van der Waals surface area contributed by atoms with Gasteiger partial charge in [0, 0.05) is 22.7 Å². The lowest BCUT2D eigenvalue weighted by Gasteiger charge is -2.23. The van der Waals surface area contributed by atoms with Gasteiger partial charge in [-0.15, -0.1) is 11.3 Å². The van der Waals surface area contributed by atoms with Gasteiger partial charge in [0.15, 0.2) is 9.84 Å². The summed E-state index contributed by atoms with van der Waals surface area (Å²) in [5.74, 6) is -0.251. The number of thiophene rings is 1. The number of fused-ring (bicyclic) bond motifs is 1. The normalized spacial score (nSPS) is 12.0. The maximum absolute atomic E-state index is 13.1. The second-order valence-electron chi connectivity index (χ2n) is 8.17. The van der Waals surface area contributed by atoms with Crippen LogP contribution < -0.4 is 10.1 Å². The first-order valence-corrected chi connectivity index (χ1v) is 13.2. The molecule has 2 heterocycles. The average molecular weight is 519 g/mol. The fourth-order valence-electron chi connectivity index (χ4n) is 3.16. The number of hydrogen-bond donors (Lipinski definition) is 1. The molecular weight excluding hydrogens is 499 g/mol. The summed E-state index contributed by atoms with van der Waals surface area (Å²) in [5, 5.41) is 3.66. The maximum Gasteiger partial charge on any atom is 0.265 e. The lowest BCUT2D eigenvalue weighted by atomic mass is 10.0. The van der Waals surface area contributed by atoms with Gasteiger partial charge in [0.2, 0.25) is 5.88 Å². The number of aromatic nitrogens is 1. The molecule has 0 spiro atoms. The number of hydrogen-bond acceptors (Lipinski definition) is 6. The number of amides is 1. The highest BCUT2D eigenvalue weighted by atomic mass is 35.5. The lowest BCUT2D eigenvalue weighted by molar-refractivity contribution is 0.103. The summed E-state index contributed by atoms with van der Waals surface area (Å²) < 4.78 is 42.9. The van der Waals surface area contributed by atoms with Gasteiger partial charge < -0.3 is 10.1 Å². The van der Waals surface area contributed by atoms with E-state index in [1.807, 2.05) is 6.07 Å². The highest BCUT2D eigenvalue weighted by Crippen LogP contribution is 2.34. The number of sulfone groups is 1. The van der Waals surface area contributed by atoms with Gasteiger partial charge in [0.25, 0.3) is 5.91 Å². The Morgan fingerprint density at radius 1 is 1.09 bits per heavy atom. The Morgan fingerprint density at radius 2 is 1.79 bits per heavy atom. The highest BCUT2D eigenvalue weighted by Gasteiger charge is 2.32. The van der Waals surface area contributed by atoms with Crippen LogP contribution in [0.2, 0.25) is 5.15 Å². The van der Waals surface area contributed by atoms with E-state index < -0.39 is 20.4 Å². The third-order valence-corrected chi connectivity index (χ3v) is 8.82. The molecule has 2 aromatic heterocycles. The van der Waals surface area contributed by atoms with Gasteiger partial charge in [-0.05, 0) is 73.3 Å². The van der Waals surface area contributed by atoms with Crippen LogP contribution in [0.15, 0.2) is 60.7 Å². The zero-order valence-corrected chi connectivity index (χ0v) is 20.8. The molecule has 0 saturated heterocycles. The second kappa shape index (κ2) is 8.98. The molecule has 4 rings (SSSR count). The summed E-state index contributed by atoms with van der Waals surface area (Å²) in [6.07, 6.45) is 1.21. The first-order chi connectivity index (χ1) is 15.9. The molecule has 0 saturated carbocycles. The molecule has 0 fully saturated rings. The van der Waals surface area contributed by atoms with Crippen molar-refractivity contribution in [1.29, 1.82) is 0 Å². The molecule has 0 unspecified atom stereocenters. The van der Waals surface area contributed by atoms with E-state index in [0.717, 1.165) is 10.1 Å². The number of nitrogens with zero attached hydrogens (tertiary/aromatic N) is 1. The van der Waals surface area contributed by atoms with E-state index in [-0.39, 0.29) is 16.9 Å². The first kappa shape index (κ1) is 24.1. The van der Waals surface area contributed by atoms with E-state index in [2.05, 4.69) is 10.3 Å². The van der Waals surface area contributed by atoms with Crippen LogP contribution in [0.5, 0.6) is 11.6 Å². The molecule has 1 N–H and O–H groups in total. The summed E-state index contributed by atoms with van der Waals surface area (Å²) in [6, 6.07) is 15.5. The molecule has 0 bridgehead atoms. The number of carbonyl (C=O) groups excluding carboxylic acids is 1. The number of benzene rings is 2. The van der Waals surface area contributed by atoms with Crippen molar-refractivity contribution < 1.29 is 22.3 Å². The van der Waals surface area contributed by atoms with Crippen LogP contribution in [0.25, 0.3) is 10.1 Å². The van der Waals surface area contributed by atoms with Crippen LogP contribution in [-0.4, -0.2) is 25.6 Å². The Labute approximate surface area is 205 Å². The van der Waals surface area contributed by atoms with Gasteiger partial charge >= 0.3 is 0 Å². The number of halogens is 2. The molecule has 0 radical (unpaired) electrons. The topological polar surface area (TPSA) is 85.4 Å². The minimum Gasteiger partial charge on any atom is -0.439 e. The fourth-order valence-corrected chi connectivity index (χ4v) is 4.85. The van der Waals surface area contributed by atoms with Crippen LogP contribution in [0.1, 0.15) is 29.1 Å². The molecule has 0 atom stereocenters. The van der Waals surface area contributed by atoms with E-state index in [9.17, 15) is 17.6 Å². The summed E-state index contributed by atoms with van der Waals surface area (Å²) in [4.78, 5) is 17.4. The van der Waals surface area contributed by atoms with E-state index in [4.69, 9.17) is 16.3 Å². The maximum atomic E-state index is 13.1. The van der Waals surface area contributed by atoms with E-state index in [1.165, 1.54) is 54.0 Å². The number of pyridine rings is 1. The van der Waals surface area contributed by atoms with Gasteiger partial charge in [-0.2, -0.15) is 0 Å². The molecule has 176 valence electrons. The Kier molecular flexibility index (Phi) is 6.37. The van der Waals surface area contributed by atoms with Gasteiger partial charge in [0.05, 0.1) is 9.62 Å². The zero-order chi connectivity index (χ0) is 24.7. The number of rotatable bonds is 6. The summed E-state index contributed by atoms with van der Waals surface area (Å²) in [5.41, 5.74) is 1.02. The molecule has 34 heavy (non-hydrogen) atoms. The minimum absolute atomic E-state index is 0.110. The number of carbonyl (C=O) groups is 1. The molecular formula is C24H20ClFN2O4S2. The van der Waals surface area contributed by atoms with E-state index >= 15 is 0 Å². The summed E-state index contributed by atoms with van der Waals surface area (Å²) in [7, 11) is -3.33. The molecule has 4 aromatic rings. The minimum atomic E-state index is -3.33. The number of anilines is 1. The number of ether oxygens (including phenoxy) is 1. The van der Waals surface area contributed by atoms with Crippen molar-refractivity contribution in [1.82, 2.24) is 4.98 Å². The highest BCUT2D eigenvalue weighted by molar-refractivity contribution is 7.91. The number of nitrogens with one attached hydrogen (secondary N) is 1. The predicted molar refractivity (Wildman–Crippen MR) is 133 cm³/mol. The van der Waals surface area contributed by atoms with Crippen molar-refractivity contribution in [2.75, 3.05) is 11.6 Å². The predicted octanol–water partition coefficient (Wildman–Crippen LogP) is 6.41. The Hall–Kier alpha value is -3.01. The van der Waals surface area contributed by atoms with Crippen molar-refractivity contribution >= 4 is 54.5 Å². The molecule has 10 heteroatoms. The van der Waals surface area contributed by atoms with Crippen molar-refractivity contribution in [3.05, 3.63) is 82.1 Å². The largest absolute Gasteiger partial charge is 0.439 e. The molecule has 1 amide bonds. The molecule has 0 aliphatic carbocycles. The standard InChI is InChI=1S/C24H20ClFN2O4S2/c1-24(2,34(3,30)31)15-4-9-19-14(10-15)11-20(33-19)23(29)27-17-12-21(25)28-22(13-17)32-18-7-5-16(26)6-8-18/h4-13H,1-3H3,(H,27,28,29). The SMILES string of the molecule is CC(C)(c1ccc2sc(C(=O)Nc3cc(Cl)nc(Oc4ccc(F)cc4)c3)cc2c1)S(C)(=O)=O. The average Bonchev–Trinajstić information content (AvgIpc) is 3.18. The van der Waals surface area contributed by atoms with Gasteiger partial charge in [-0.25, -0.2) is 17.8 Å². The van der Waals surface area contributed by atoms with Crippen molar-refractivity contribution in [3.63, 3.8) is 0 Å². The molecule has 0 aliphatic heterocycles. The smallest absolute Gasteiger partial charge is 0.265 e. The fraction of sp³-hybridized carbons (Fsp3) is 0.167. The van der Waals surface area contributed by atoms with Crippen LogP contribution in [0, 0.1) is 5.82 Å². The lowest BCUT2D eigenvalue weighted by Crippen LogP contribution is -2.27. The van der Waals surface area contributed by atoms with Crippen LogP contribution in [-0.2, 0) is 14.6 Å². The van der Waals surface area contributed by atoms with Gasteiger partial charge in [-0.1, -0.05) is 17.7 Å². The Balaban J connectivity index is 1.57. The van der Waals surface area contributed by atoms with Crippen molar-refractivity contribution in [2.24, 2.45) is 0 Å². The van der Waals surface area contributed by atoms with Gasteiger partial charge in [0.1, 0.15) is 16.7 Å². The molecule has 6 nitrogen and oxygen atoms in total. The zero-order valence-electron chi connectivity index (χ0n) is 18.4. The van der Waals surface area contributed by atoms with E-state index in [1.54, 1.807) is 32.0 Å². The first-order valence-electron chi connectivity index (χ1n) is 10.1. The molecule has 0 aliphatic rings. The Bertz CT molecular complexity index is 1500. The van der Waals surface area contributed by atoms with Crippen molar-refractivity contribution in [3.8, 4) is 11.6 Å². The van der Waals surface area contributed by atoms with Crippen LogP contribution in [0.3, 0.4) is 0 Å². The van der Waals surface area contributed by atoms with E-state index in [0.29, 0.717) is 21.9 Å². The van der Waals surface area contributed by atoms with Crippen LogP contribution >= 0.6 is 22.9 Å². The third-order valence-electron chi connectivity index (χ3n) is 5.43. The van der Waals surface area contributed by atoms with Gasteiger partial charge in [-0.3, -0.25) is 4.79 Å². The third kappa shape index (κ3) is 5.06. The summed E-state index contributed by atoms with van der Waals surface area (Å²) >= 11 is 7.37. The Morgan fingerprint density at radius 3 is 2.47 bits per heavy atom. The van der Waals surface area contributed by atoms with Crippen LogP contribution in [0.4, 0.5) is 10.1 Å². The van der Waals surface area contributed by atoms with Crippen molar-refractivity contribution in [2.45, 2.75) is 18.6 Å².